The minimum atomic E-state index is -0.796. The Morgan fingerprint density at radius 3 is 1.19 bits per heavy atom. The van der Waals surface area contributed by atoms with Crippen LogP contribution in [0.2, 0.25) is 0 Å². The number of rotatable bonds is 11. The van der Waals surface area contributed by atoms with Gasteiger partial charge in [0.25, 0.3) is 0 Å². The third kappa shape index (κ3) is 8.62. The van der Waals surface area contributed by atoms with Gasteiger partial charge in [0, 0.05) is 42.4 Å². The van der Waals surface area contributed by atoms with E-state index in [0.717, 1.165) is 0 Å². The monoisotopic (exact) mass is 364 g/mol. The number of nitrogens with one attached hydrogen (secondary N) is 4. The molecule has 0 atom stereocenters. The van der Waals surface area contributed by atoms with Crippen LogP contribution < -0.4 is 21.3 Å². The number of carbonyl (C=O) groups is 3. The van der Waals surface area contributed by atoms with Crippen LogP contribution in [-0.2, 0) is 14.4 Å². The van der Waals surface area contributed by atoms with E-state index in [0.29, 0.717) is 16.7 Å². The van der Waals surface area contributed by atoms with Crippen molar-refractivity contribution >= 4 is 17.7 Å². The Balaban J connectivity index is 5.44. The summed E-state index contributed by atoms with van der Waals surface area (Å²) < 4.78 is 0. The van der Waals surface area contributed by atoms with E-state index < -0.39 is 5.54 Å². The lowest BCUT2D eigenvalue weighted by Gasteiger charge is -2.37. The smallest absolute Gasteiger partial charge is 0.246 e. The second-order valence-corrected chi connectivity index (χ2v) is 6.97. The Morgan fingerprint density at radius 2 is 1.00 bits per heavy atom. The molecule has 7 heteroatoms. The Bertz CT molecular complexity index is 520. The third-order valence-corrected chi connectivity index (χ3v) is 3.52. The van der Waals surface area contributed by atoms with Crippen molar-refractivity contribution in [2.45, 2.75) is 46.2 Å². The summed E-state index contributed by atoms with van der Waals surface area (Å²) in [7, 11) is 0. The molecule has 0 rings (SSSR count). The van der Waals surface area contributed by atoms with Crippen molar-refractivity contribution in [3.63, 3.8) is 0 Å². The molecule has 0 radical (unpaired) electrons. The molecule has 146 valence electrons. The predicted molar refractivity (Wildman–Crippen MR) is 104 cm³/mol. The Hall–Kier alpha value is -2.41. The van der Waals surface area contributed by atoms with Crippen LogP contribution in [0.5, 0.6) is 0 Å². The Labute approximate surface area is 156 Å². The van der Waals surface area contributed by atoms with Crippen molar-refractivity contribution in [3.05, 3.63) is 36.5 Å². The summed E-state index contributed by atoms with van der Waals surface area (Å²) in [6.07, 6.45) is 0. The van der Waals surface area contributed by atoms with Crippen LogP contribution in [-0.4, -0.2) is 48.9 Å². The molecule has 0 fully saturated rings. The second-order valence-electron chi connectivity index (χ2n) is 6.97. The topological polar surface area (TPSA) is 99.3 Å². The van der Waals surface area contributed by atoms with Crippen LogP contribution in [0.3, 0.4) is 0 Å². The molecule has 0 aromatic carbocycles. The second kappa shape index (κ2) is 10.6. The fourth-order valence-corrected chi connectivity index (χ4v) is 2.15. The van der Waals surface area contributed by atoms with Gasteiger partial charge in [-0.1, -0.05) is 33.6 Å². The number of carbonyl (C=O) groups excluding carboxylic acids is 3. The molecular formula is C19H32N4O3. The first-order valence-electron chi connectivity index (χ1n) is 8.49. The molecule has 0 aromatic heterocycles. The average Bonchev–Trinajstić information content (AvgIpc) is 2.54. The molecular weight excluding hydrogens is 332 g/mol. The van der Waals surface area contributed by atoms with Crippen molar-refractivity contribution in [1.29, 1.82) is 0 Å². The zero-order chi connectivity index (χ0) is 20.5. The van der Waals surface area contributed by atoms with E-state index in [1.165, 1.54) is 0 Å². The molecule has 0 aliphatic carbocycles. The predicted octanol–water partition coefficient (Wildman–Crippen LogP) is 0.800. The summed E-state index contributed by atoms with van der Waals surface area (Å²) in [6, 6.07) is 0.0418. The van der Waals surface area contributed by atoms with Gasteiger partial charge in [-0.25, -0.2) is 0 Å². The SMILES string of the molecule is C=C(C)C(=O)NCC(CNC(=O)C(=C)C)(CNC(=O)C(=C)C)NC(C)C. The maximum Gasteiger partial charge on any atom is 0.246 e. The lowest BCUT2D eigenvalue weighted by Crippen LogP contribution is -2.66. The number of hydrogen-bond donors (Lipinski definition) is 4. The fourth-order valence-electron chi connectivity index (χ4n) is 2.15. The summed E-state index contributed by atoms with van der Waals surface area (Å²) in [5.74, 6) is -0.882. The van der Waals surface area contributed by atoms with E-state index in [2.05, 4.69) is 41.0 Å². The van der Waals surface area contributed by atoms with Gasteiger partial charge < -0.3 is 21.3 Å². The molecule has 4 N–H and O–H groups in total. The molecule has 0 aliphatic heterocycles. The van der Waals surface area contributed by atoms with Crippen LogP contribution in [0, 0.1) is 0 Å². The van der Waals surface area contributed by atoms with Crippen molar-refractivity contribution in [3.8, 4) is 0 Å². The van der Waals surface area contributed by atoms with Crippen LogP contribution in [0.4, 0.5) is 0 Å². The molecule has 0 aromatic rings. The molecule has 7 nitrogen and oxygen atoms in total. The van der Waals surface area contributed by atoms with Gasteiger partial charge in [-0.2, -0.15) is 0 Å². The van der Waals surface area contributed by atoms with Gasteiger partial charge in [0.1, 0.15) is 0 Å². The maximum atomic E-state index is 11.9. The van der Waals surface area contributed by atoms with E-state index >= 15 is 0 Å². The van der Waals surface area contributed by atoms with Crippen molar-refractivity contribution < 1.29 is 14.4 Å². The van der Waals surface area contributed by atoms with Crippen LogP contribution in [0.15, 0.2) is 36.5 Å². The number of hydrogen-bond acceptors (Lipinski definition) is 4. The third-order valence-electron chi connectivity index (χ3n) is 3.52. The minimum Gasteiger partial charge on any atom is -0.350 e. The highest BCUT2D eigenvalue weighted by Crippen LogP contribution is 2.06. The standard InChI is InChI=1S/C19H32N4O3/c1-12(2)16(24)20-9-19(23-15(7)8,10-21-17(25)13(3)4)11-22-18(26)14(5)6/h15,23H,1,3,5,9-11H2,2,4,6-8H3,(H,20,24)(H,21,25)(H,22,26). The summed E-state index contributed by atoms with van der Waals surface area (Å²) in [6.45, 7) is 20.1. The van der Waals surface area contributed by atoms with E-state index in [1.54, 1.807) is 20.8 Å². The Kier molecular flexibility index (Phi) is 9.57. The quantitative estimate of drug-likeness (QED) is 0.408. The Morgan fingerprint density at radius 1 is 0.731 bits per heavy atom. The van der Waals surface area contributed by atoms with Crippen molar-refractivity contribution in [1.82, 2.24) is 21.3 Å². The molecule has 3 amide bonds. The average molecular weight is 364 g/mol. The first-order chi connectivity index (χ1) is 11.9. The van der Waals surface area contributed by atoms with Gasteiger partial charge in [0.15, 0.2) is 0 Å². The summed E-state index contributed by atoms with van der Waals surface area (Å²) in [5.41, 5.74) is 0.330. The van der Waals surface area contributed by atoms with Gasteiger partial charge >= 0.3 is 0 Å². The fraction of sp³-hybridized carbons (Fsp3) is 0.526. The zero-order valence-electron chi connectivity index (χ0n) is 16.5. The van der Waals surface area contributed by atoms with Crippen molar-refractivity contribution in [2.24, 2.45) is 0 Å². The molecule has 0 aliphatic rings. The first kappa shape index (κ1) is 23.6. The highest BCUT2D eigenvalue weighted by atomic mass is 16.2. The van der Waals surface area contributed by atoms with E-state index in [9.17, 15) is 14.4 Å². The molecule has 0 unspecified atom stereocenters. The van der Waals surface area contributed by atoms with E-state index in [1.807, 2.05) is 13.8 Å². The summed E-state index contributed by atoms with van der Waals surface area (Å²) in [5, 5.41) is 11.7. The maximum absolute atomic E-state index is 11.9. The first-order valence-corrected chi connectivity index (χ1v) is 8.49. The summed E-state index contributed by atoms with van der Waals surface area (Å²) >= 11 is 0. The van der Waals surface area contributed by atoms with Gasteiger partial charge in [-0.05, 0) is 20.8 Å². The minimum absolute atomic E-state index is 0.0418. The zero-order valence-corrected chi connectivity index (χ0v) is 16.5. The number of amides is 3. The largest absolute Gasteiger partial charge is 0.350 e. The van der Waals surface area contributed by atoms with Gasteiger partial charge in [-0.3, -0.25) is 14.4 Å². The lowest BCUT2D eigenvalue weighted by atomic mass is 9.96. The van der Waals surface area contributed by atoms with Crippen LogP contribution >= 0.6 is 0 Å². The van der Waals surface area contributed by atoms with Crippen LogP contribution in [0.1, 0.15) is 34.6 Å². The highest BCUT2D eigenvalue weighted by molar-refractivity contribution is 5.93. The van der Waals surface area contributed by atoms with Gasteiger partial charge in [-0.15, -0.1) is 0 Å². The molecule has 0 saturated heterocycles. The van der Waals surface area contributed by atoms with E-state index in [4.69, 9.17) is 0 Å². The van der Waals surface area contributed by atoms with Crippen LogP contribution in [0.25, 0.3) is 0 Å². The molecule has 0 spiro atoms. The van der Waals surface area contributed by atoms with Crippen molar-refractivity contribution in [2.75, 3.05) is 19.6 Å². The molecule has 26 heavy (non-hydrogen) atoms. The highest BCUT2D eigenvalue weighted by Gasteiger charge is 2.32. The molecule has 0 heterocycles. The molecule has 0 bridgehead atoms. The lowest BCUT2D eigenvalue weighted by molar-refractivity contribution is -0.117. The normalized spacial score (nSPS) is 10.8. The summed E-state index contributed by atoms with van der Waals surface area (Å²) in [4.78, 5) is 35.8. The van der Waals surface area contributed by atoms with Gasteiger partial charge in [0.2, 0.25) is 17.7 Å². The van der Waals surface area contributed by atoms with Gasteiger partial charge in [0.05, 0.1) is 5.54 Å². The van der Waals surface area contributed by atoms with E-state index in [-0.39, 0.29) is 43.4 Å². The molecule has 0 saturated carbocycles.